The molecule has 0 aromatic rings. The molecule has 0 amide bonds. The summed E-state index contributed by atoms with van der Waals surface area (Å²) in [5.41, 5.74) is 3.16. The zero-order chi connectivity index (χ0) is 10.8. The van der Waals surface area contributed by atoms with Gasteiger partial charge in [0.2, 0.25) is 0 Å². The van der Waals surface area contributed by atoms with Gasteiger partial charge in [0.1, 0.15) is 0 Å². The first kappa shape index (κ1) is 13.2. The molecule has 0 unspecified atom stereocenters. The fourth-order valence-electron chi connectivity index (χ4n) is 1.67. The van der Waals surface area contributed by atoms with E-state index in [-0.39, 0.29) is 0 Å². The Hall–Kier alpha value is -0.780. The molecule has 0 aromatic heterocycles. The number of allylic oxidation sites excluding steroid dienone is 6. The van der Waals surface area contributed by atoms with Crippen LogP contribution in [0.3, 0.4) is 0 Å². The van der Waals surface area contributed by atoms with Gasteiger partial charge in [-0.2, -0.15) is 0 Å². The van der Waals surface area contributed by atoms with E-state index < -0.39 is 0 Å². The van der Waals surface area contributed by atoms with Crippen molar-refractivity contribution >= 4 is 0 Å². The van der Waals surface area contributed by atoms with E-state index in [1.54, 1.807) is 11.1 Å². The van der Waals surface area contributed by atoms with Crippen LogP contribution in [0.5, 0.6) is 0 Å². The lowest BCUT2D eigenvalue weighted by molar-refractivity contribution is 0.905. The quantitative estimate of drug-likeness (QED) is 0.504. The van der Waals surface area contributed by atoms with Crippen molar-refractivity contribution < 1.29 is 0 Å². The van der Waals surface area contributed by atoms with Crippen LogP contribution in [0.15, 0.2) is 35.5 Å². The lowest BCUT2D eigenvalue weighted by Crippen LogP contribution is -1.71. The van der Waals surface area contributed by atoms with Crippen LogP contribution < -0.4 is 0 Å². The first-order chi connectivity index (χ1) is 6.97. The van der Waals surface area contributed by atoms with Crippen LogP contribution in [-0.4, -0.2) is 0 Å². The number of hydrogen-bond acceptors (Lipinski definition) is 0. The van der Waals surface area contributed by atoms with E-state index >= 15 is 0 Å². The molecule has 0 saturated carbocycles. The third-order valence-corrected chi connectivity index (χ3v) is 2.21. The van der Waals surface area contributed by atoms with E-state index in [2.05, 4.69) is 24.3 Å². The minimum Gasteiger partial charge on any atom is -0.0805 e. The summed E-state index contributed by atoms with van der Waals surface area (Å²) in [7, 11) is 0. The molecule has 0 bridgehead atoms. The van der Waals surface area contributed by atoms with E-state index in [1.807, 2.05) is 27.7 Å². The zero-order valence-corrected chi connectivity index (χ0v) is 10.1. The molecule has 14 heavy (non-hydrogen) atoms. The first-order valence-corrected chi connectivity index (χ1v) is 6.02. The minimum atomic E-state index is 1.12. The van der Waals surface area contributed by atoms with Crippen molar-refractivity contribution in [2.24, 2.45) is 0 Å². The highest BCUT2D eigenvalue weighted by molar-refractivity contribution is 5.38. The Bertz CT molecular complexity index is 194. The van der Waals surface area contributed by atoms with Crippen molar-refractivity contribution in [3.8, 4) is 0 Å². The summed E-state index contributed by atoms with van der Waals surface area (Å²) in [6, 6.07) is 0. The van der Waals surface area contributed by atoms with Crippen molar-refractivity contribution in [1.82, 2.24) is 0 Å². The molecule has 0 spiro atoms. The molecule has 80 valence electrons. The van der Waals surface area contributed by atoms with Crippen molar-refractivity contribution in [3.05, 3.63) is 35.5 Å². The minimum absolute atomic E-state index is 1.12. The molecule has 0 nitrogen and oxygen atoms in total. The molecule has 0 saturated heterocycles. The topological polar surface area (TPSA) is 0 Å². The van der Waals surface area contributed by atoms with Crippen molar-refractivity contribution in [1.29, 1.82) is 0 Å². The first-order valence-electron chi connectivity index (χ1n) is 6.02. The molecule has 0 atom stereocenters. The maximum absolute atomic E-state index is 2.29. The summed E-state index contributed by atoms with van der Waals surface area (Å²) >= 11 is 0. The fourth-order valence-corrected chi connectivity index (χ4v) is 1.67. The Balaban J connectivity index is 0.000000379. The van der Waals surface area contributed by atoms with E-state index in [0.717, 1.165) is 6.42 Å². The summed E-state index contributed by atoms with van der Waals surface area (Å²) in [5, 5.41) is 0. The highest BCUT2D eigenvalue weighted by Crippen LogP contribution is 2.29. The molecule has 2 aliphatic carbocycles. The number of hydrogen-bond donors (Lipinski definition) is 0. The third kappa shape index (κ3) is 3.95. The Morgan fingerprint density at radius 2 is 1.21 bits per heavy atom. The average molecular weight is 192 g/mol. The van der Waals surface area contributed by atoms with Gasteiger partial charge in [-0.3, -0.25) is 0 Å². The molecule has 0 N–H and O–H groups in total. The highest BCUT2D eigenvalue weighted by atomic mass is 14.1. The second kappa shape index (κ2) is 8.80. The Kier molecular flexibility index (Phi) is 8.31. The Morgan fingerprint density at radius 1 is 0.786 bits per heavy atom. The molecular weight excluding hydrogens is 168 g/mol. The summed E-state index contributed by atoms with van der Waals surface area (Å²) in [6.07, 6.45) is 14.2. The van der Waals surface area contributed by atoms with Crippen LogP contribution in [0.1, 0.15) is 53.4 Å². The van der Waals surface area contributed by atoms with Crippen LogP contribution in [0, 0.1) is 0 Å². The molecule has 2 rings (SSSR count). The van der Waals surface area contributed by atoms with Crippen LogP contribution in [0.4, 0.5) is 0 Å². The second-order valence-electron chi connectivity index (χ2n) is 2.94. The van der Waals surface area contributed by atoms with Crippen molar-refractivity contribution in [2.45, 2.75) is 53.4 Å². The van der Waals surface area contributed by atoms with Gasteiger partial charge in [-0.15, -0.1) is 0 Å². The monoisotopic (exact) mass is 192 g/mol. The normalized spacial score (nSPS) is 17.4. The highest BCUT2D eigenvalue weighted by Gasteiger charge is 2.09. The lowest BCUT2D eigenvalue weighted by Gasteiger charge is -1.91. The summed E-state index contributed by atoms with van der Waals surface area (Å²) in [6.45, 7) is 8.00. The Morgan fingerprint density at radius 3 is 1.64 bits per heavy atom. The summed E-state index contributed by atoms with van der Waals surface area (Å²) < 4.78 is 0. The largest absolute Gasteiger partial charge is 0.0805 e. The third-order valence-electron chi connectivity index (χ3n) is 2.21. The Labute approximate surface area is 89.4 Å². The molecule has 2 aliphatic rings. The molecule has 0 heterocycles. The van der Waals surface area contributed by atoms with E-state index in [9.17, 15) is 0 Å². The molecule has 0 aliphatic heterocycles. The summed E-state index contributed by atoms with van der Waals surface area (Å²) in [4.78, 5) is 0. The van der Waals surface area contributed by atoms with Gasteiger partial charge >= 0.3 is 0 Å². The molecule has 0 aromatic carbocycles. The molecular formula is C14H24. The van der Waals surface area contributed by atoms with E-state index in [1.165, 1.54) is 19.3 Å². The van der Waals surface area contributed by atoms with Gasteiger partial charge in [-0.25, -0.2) is 0 Å². The van der Waals surface area contributed by atoms with Gasteiger partial charge in [-0.05, 0) is 36.8 Å². The van der Waals surface area contributed by atoms with Gasteiger partial charge in [0.25, 0.3) is 0 Å². The standard InChI is InChI=1S/C10H12.2C2H6/c1-2-5-9-7-4-8-10(9)6-3-1;2*1-2/h2-3,5-6H,1,4,7-8H2;2*1-2H3. The molecule has 0 heteroatoms. The second-order valence-corrected chi connectivity index (χ2v) is 2.94. The average Bonchev–Trinajstić information content (AvgIpc) is 2.61. The fraction of sp³-hybridized carbons (Fsp3) is 0.571. The molecule has 0 fully saturated rings. The SMILES string of the molecule is C1=CC2=C(C=CC1)CCC2.CC.CC. The smallest absolute Gasteiger partial charge is 0.0163 e. The van der Waals surface area contributed by atoms with Crippen molar-refractivity contribution in [3.63, 3.8) is 0 Å². The predicted molar refractivity (Wildman–Crippen MR) is 66.5 cm³/mol. The number of rotatable bonds is 0. The van der Waals surface area contributed by atoms with Crippen LogP contribution >= 0.6 is 0 Å². The maximum atomic E-state index is 2.29. The zero-order valence-electron chi connectivity index (χ0n) is 10.1. The van der Waals surface area contributed by atoms with E-state index in [4.69, 9.17) is 0 Å². The lowest BCUT2D eigenvalue weighted by atomic mass is 10.1. The van der Waals surface area contributed by atoms with Gasteiger partial charge < -0.3 is 0 Å². The van der Waals surface area contributed by atoms with Gasteiger partial charge in [0.05, 0.1) is 0 Å². The van der Waals surface area contributed by atoms with Gasteiger partial charge in [-0.1, -0.05) is 52.0 Å². The van der Waals surface area contributed by atoms with Crippen LogP contribution in [0.25, 0.3) is 0 Å². The van der Waals surface area contributed by atoms with Crippen LogP contribution in [0.2, 0.25) is 0 Å². The van der Waals surface area contributed by atoms with Crippen LogP contribution in [-0.2, 0) is 0 Å². The maximum Gasteiger partial charge on any atom is -0.0163 e. The van der Waals surface area contributed by atoms with Crippen molar-refractivity contribution in [2.75, 3.05) is 0 Å². The summed E-state index contributed by atoms with van der Waals surface area (Å²) in [5.74, 6) is 0. The predicted octanol–water partition coefficient (Wildman–Crippen LogP) is 5.04. The van der Waals surface area contributed by atoms with Gasteiger partial charge in [0.15, 0.2) is 0 Å². The van der Waals surface area contributed by atoms with Gasteiger partial charge in [0, 0.05) is 0 Å². The molecule has 0 radical (unpaired) electrons. The van der Waals surface area contributed by atoms with E-state index in [0.29, 0.717) is 0 Å².